The van der Waals surface area contributed by atoms with Crippen LogP contribution in [0.25, 0.3) is 11.7 Å². The van der Waals surface area contributed by atoms with E-state index >= 15 is 0 Å². The fraction of sp³-hybridized carbons (Fsp3) is 0.333. The minimum atomic E-state index is -3.44. The van der Waals surface area contributed by atoms with Crippen LogP contribution in [0, 0.1) is 0 Å². The molecule has 1 aliphatic rings. The molecule has 4 rings (SSSR count). The molecule has 3 aromatic rings. The van der Waals surface area contributed by atoms with E-state index in [2.05, 4.69) is 26.1 Å². The van der Waals surface area contributed by atoms with Crippen LogP contribution in [0.15, 0.2) is 47.4 Å². The van der Waals surface area contributed by atoms with Crippen molar-refractivity contribution in [1.29, 1.82) is 0 Å². The molecule has 0 bridgehead atoms. The van der Waals surface area contributed by atoms with E-state index in [9.17, 15) is 8.42 Å². The molecule has 0 unspecified atom stereocenters. The number of hydrogen-bond acceptors (Lipinski definition) is 7. The van der Waals surface area contributed by atoms with Gasteiger partial charge in [0.25, 0.3) is 15.9 Å². The molecule has 0 spiro atoms. The maximum atomic E-state index is 12.7. The number of hydrogen-bond donors (Lipinski definition) is 0. The quantitative estimate of drug-likeness (QED) is 0.610. The first-order valence-electron chi connectivity index (χ1n) is 7.67. The highest BCUT2D eigenvalue weighted by atomic mass is 79.9. The summed E-state index contributed by atoms with van der Waals surface area (Å²) in [5, 5.41) is 8.10. The summed E-state index contributed by atoms with van der Waals surface area (Å²) in [6, 6.07) is 6.89. The van der Waals surface area contributed by atoms with Crippen molar-refractivity contribution in [2.75, 3.05) is 13.1 Å². The smallest absolute Gasteiger partial charge is 0.283 e. The Morgan fingerprint density at radius 2 is 2.00 bits per heavy atom. The van der Waals surface area contributed by atoms with Crippen molar-refractivity contribution in [3.8, 4) is 11.7 Å². The van der Waals surface area contributed by atoms with Gasteiger partial charge in [0.05, 0.1) is 10.0 Å². The summed E-state index contributed by atoms with van der Waals surface area (Å²) in [5.74, 6) is 1.46. The van der Waals surface area contributed by atoms with E-state index in [4.69, 9.17) is 8.83 Å². The molecule has 0 aromatic carbocycles. The SMILES string of the molecule is O=S(=O)(c1ccc(Br)s1)N1CCC(c2nnc(-c3ccco3)o2)CC1. The van der Waals surface area contributed by atoms with Crippen LogP contribution in [-0.2, 0) is 10.0 Å². The molecule has 0 radical (unpaired) electrons. The van der Waals surface area contributed by atoms with Crippen LogP contribution in [0.2, 0.25) is 0 Å². The zero-order valence-corrected chi connectivity index (χ0v) is 16.2. The zero-order valence-electron chi connectivity index (χ0n) is 13.0. The molecule has 1 saturated heterocycles. The van der Waals surface area contributed by atoms with E-state index in [0.29, 0.717) is 47.7 Å². The van der Waals surface area contributed by atoms with E-state index in [1.54, 1.807) is 30.5 Å². The van der Waals surface area contributed by atoms with Gasteiger partial charge < -0.3 is 8.83 Å². The van der Waals surface area contributed by atoms with Crippen LogP contribution >= 0.6 is 27.3 Å². The summed E-state index contributed by atoms with van der Waals surface area (Å²) < 4.78 is 38.9. The molecule has 0 atom stereocenters. The molecule has 3 aromatic heterocycles. The van der Waals surface area contributed by atoms with E-state index in [0.717, 1.165) is 3.79 Å². The number of aromatic nitrogens is 2. The Balaban J connectivity index is 1.45. The summed E-state index contributed by atoms with van der Waals surface area (Å²) in [6.07, 6.45) is 2.84. The summed E-state index contributed by atoms with van der Waals surface area (Å²) in [4.78, 5) is 0. The molecule has 0 amide bonds. The Bertz CT molecular complexity index is 957. The second-order valence-electron chi connectivity index (χ2n) is 5.66. The second kappa shape index (κ2) is 6.67. The average Bonchev–Trinajstić information content (AvgIpc) is 3.35. The van der Waals surface area contributed by atoms with E-state index in [1.165, 1.54) is 15.6 Å². The number of thiophene rings is 1. The third kappa shape index (κ3) is 3.31. The first-order valence-corrected chi connectivity index (χ1v) is 10.7. The highest BCUT2D eigenvalue weighted by molar-refractivity contribution is 9.11. The fourth-order valence-electron chi connectivity index (χ4n) is 2.81. The lowest BCUT2D eigenvalue weighted by atomic mass is 9.98. The predicted octanol–water partition coefficient (Wildman–Crippen LogP) is 3.72. The van der Waals surface area contributed by atoms with Crippen molar-refractivity contribution >= 4 is 37.3 Å². The van der Waals surface area contributed by atoms with Crippen LogP contribution < -0.4 is 0 Å². The van der Waals surface area contributed by atoms with E-state index in [-0.39, 0.29) is 5.92 Å². The Morgan fingerprint density at radius 3 is 2.64 bits per heavy atom. The molecule has 132 valence electrons. The molecule has 7 nitrogen and oxygen atoms in total. The summed E-state index contributed by atoms with van der Waals surface area (Å²) in [7, 11) is -3.44. The first kappa shape index (κ1) is 17.0. The zero-order chi connectivity index (χ0) is 17.4. The van der Waals surface area contributed by atoms with Crippen LogP contribution in [0.3, 0.4) is 0 Å². The van der Waals surface area contributed by atoms with Gasteiger partial charge in [0.1, 0.15) is 4.21 Å². The number of piperidine rings is 1. The molecule has 1 fully saturated rings. The third-order valence-corrected chi connectivity index (χ3v) is 8.11. The Hall–Kier alpha value is -1.49. The summed E-state index contributed by atoms with van der Waals surface area (Å²) >= 11 is 4.53. The van der Waals surface area contributed by atoms with Crippen molar-refractivity contribution in [2.45, 2.75) is 23.0 Å². The minimum absolute atomic E-state index is 0.0535. The van der Waals surface area contributed by atoms with Gasteiger partial charge in [-0.25, -0.2) is 8.42 Å². The van der Waals surface area contributed by atoms with Crippen LogP contribution in [-0.4, -0.2) is 36.0 Å². The van der Waals surface area contributed by atoms with Gasteiger partial charge in [-0.05, 0) is 53.0 Å². The highest BCUT2D eigenvalue weighted by Crippen LogP contribution is 2.34. The second-order valence-corrected chi connectivity index (χ2v) is 10.3. The fourth-order valence-corrected chi connectivity index (χ4v) is 6.44. The van der Waals surface area contributed by atoms with Crippen LogP contribution in [0.4, 0.5) is 0 Å². The number of nitrogens with zero attached hydrogens (tertiary/aromatic N) is 3. The number of furan rings is 1. The lowest BCUT2D eigenvalue weighted by Crippen LogP contribution is -2.37. The van der Waals surface area contributed by atoms with Crippen LogP contribution in [0.1, 0.15) is 24.7 Å². The molecule has 0 N–H and O–H groups in total. The van der Waals surface area contributed by atoms with Gasteiger partial charge in [0.15, 0.2) is 5.76 Å². The number of halogens is 1. The van der Waals surface area contributed by atoms with E-state index in [1.807, 2.05) is 0 Å². The molecule has 4 heterocycles. The van der Waals surface area contributed by atoms with Crippen molar-refractivity contribution < 1.29 is 17.3 Å². The Labute approximate surface area is 156 Å². The normalized spacial score (nSPS) is 17.2. The van der Waals surface area contributed by atoms with Gasteiger partial charge in [-0.2, -0.15) is 4.31 Å². The summed E-state index contributed by atoms with van der Waals surface area (Å²) in [5.41, 5.74) is 0. The van der Waals surface area contributed by atoms with Crippen molar-refractivity contribution in [2.24, 2.45) is 0 Å². The topological polar surface area (TPSA) is 89.4 Å². The molecule has 1 aliphatic heterocycles. The van der Waals surface area contributed by atoms with Gasteiger partial charge >= 0.3 is 0 Å². The largest absolute Gasteiger partial charge is 0.459 e. The number of rotatable bonds is 4. The predicted molar refractivity (Wildman–Crippen MR) is 94.8 cm³/mol. The summed E-state index contributed by atoms with van der Waals surface area (Å²) in [6.45, 7) is 0.863. The third-order valence-electron chi connectivity index (χ3n) is 4.12. The maximum absolute atomic E-state index is 12.7. The van der Waals surface area contributed by atoms with E-state index < -0.39 is 10.0 Å². The van der Waals surface area contributed by atoms with Crippen molar-refractivity contribution in [3.63, 3.8) is 0 Å². The molecule has 0 aliphatic carbocycles. The minimum Gasteiger partial charge on any atom is -0.459 e. The monoisotopic (exact) mass is 443 g/mol. The Kier molecular flexibility index (Phi) is 4.52. The average molecular weight is 444 g/mol. The number of sulfonamides is 1. The van der Waals surface area contributed by atoms with Crippen molar-refractivity contribution in [1.82, 2.24) is 14.5 Å². The molecule has 0 saturated carbocycles. The van der Waals surface area contributed by atoms with Gasteiger partial charge in [0, 0.05) is 19.0 Å². The van der Waals surface area contributed by atoms with Gasteiger partial charge in [-0.3, -0.25) is 0 Å². The molecular weight excluding hydrogens is 430 g/mol. The van der Waals surface area contributed by atoms with Gasteiger partial charge in [0.2, 0.25) is 5.89 Å². The lowest BCUT2D eigenvalue weighted by Gasteiger charge is -2.29. The van der Waals surface area contributed by atoms with Gasteiger partial charge in [-0.15, -0.1) is 21.5 Å². The maximum Gasteiger partial charge on any atom is 0.283 e. The Morgan fingerprint density at radius 1 is 1.20 bits per heavy atom. The van der Waals surface area contributed by atoms with Crippen molar-refractivity contribution in [3.05, 3.63) is 40.2 Å². The van der Waals surface area contributed by atoms with Gasteiger partial charge in [-0.1, -0.05) is 0 Å². The molecular formula is C15H14BrN3O4S2. The lowest BCUT2D eigenvalue weighted by molar-refractivity contribution is 0.291. The first-order chi connectivity index (χ1) is 12.0. The standard InChI is InChI=1S/C15H14BrN3O4S2/c16-12-3-4-13(24-12)25(20,21)19-7-5-10(6-8-19)14-17-18-15(23-14)11-2-1-9-22-11/h1-4,9-10H,5-8H2. The van der Waals surface area contributed by atoms with Crippen LogP contribution in [0.5, 0.6) is 0 Å². The molecule has 10 heteroatoms. The molecule has 25 heavy (non-hydrogen) atoms. The highest BCUT2D eigenvalue weighted by Gasteiger charge is 2.33.